The number of likely N-dealkylation sites (tertiary alicyclic amines) is 1. The van der Waals surface area contributed by atoms with Crippen LogP contribution in [0.4, 0.5) is 4.79 Å². The van der Waals surface area contributed by atoms with Gasteiger partial charge in [0.15, 0.2) is 0 Å². The molecule has 1 fully saturated rings. The van der Waals surface area contributed by atoms with Crippen molar-refractivity contribution in [2.75, 3.05) is 6.54 Å². The summed E-state index contributed by atoms with van der Waals surface area (Å²) in [5.74, 6) is 0. The number of carbonyl (C=O) groups is 1. The summed E-state index contributed by atoms with van der Waals surface area (Å²) in [6, 6.07) is 6.40. The molecule has 0 unspecified atom stereocenters. The molecule has 2 atom stereocenters. The third-order valence-electron chi connectivity index (χ3n) is 4.56. The average molecular weight is 332 g/mol. The van der Waals surface area contributed by atoms with Crippen LogP contribution in [-0.4, -0.2) is 27.3 Å². The first-order chi connectivity index (χ1) is 11.2. The highest BCUT2D eigenvalue weighted by molar-refractivity contribution is 7.10. The second-order valence-corrected chi connectivity index (χ2v) is 6.99. The molecule has 0 radical (unpaired) electrons. The minimum absolute atomic E-state index is 0.0381. The Hall–Kier alpha value is -1.82. The van der Waals surface area contributed by atoms with Crippen LogP contribution in [0, 0.1) is 0 Å². The lowest BCUT2D eigenvalue weighted by molar-refractivity contribution is 0.144. The fourth-order valence-corrected chi connectivity index (χ4v) is 4.15. The lowest BCUT2D eigenvalue weighted by atomic mass is 9.99. The van der Waals surface area contributed by atoms with Crippen LogP contribution in [0.2, 0.25) is 0 Å². The zero-order valence-corrected chi connectivity index (χ0v) is 14.6. The number of hydrogen-bond acceptors (Lipinski definition) is 3. The van der Waals surface area contributed by atoms with E-state index in [1.807, 2.05) is 28.8 Å². The molecule has 0 aromatic carbocycles. The van der Waals surface area contributed by atoms with E-state index >= 15 is 0 Å². The largest absolute Gasteiger partial charge is 0.330 e. The van der Waals surface area contributed by atoms with Crippen LogP contribution >= 0.6 is 11.3 Å². The van der Waals surface area contributed by atoms with E-state index in [0.29, 0.717) is 0 Å². The molecule has 124 valence electrons. The number of aromatic nitrogens is 2. The minimum Gasteiger partial charge on any atom is -0.330 e. The standard InChI is InChI=1S/C17H24N4OS/c1-3-13(16-8-6-12-23-16)19-17(22)21-11-5-4-7-15(21)14-9-10-18-20(14)2/h6,8-10,12-13,15H,3-5,7,11H2,1-2H3,(H,19,22)/t13-,15-/m0/s1. The van der Waals surface area contributed by atoms with Crippen molar-refractivity contribution in [2.24, 2.45) is 7.05 Å². The molecule has 2 aromatic rings. The van der Waals surface area contributed by atoms with Crippen LogP contribution in [0.3, 0.4) is 0 Å². The van der Waals surface area contributed by atoms with Gasteiger partial charge in [0, 0.05) is 24.7 Å². The number of nitrogens with zero attached hydrogens (tertiary/aromatic N) is 3. The van der Waals surface area contributed by atoms with Crippen molar-refractivity contribution in [1.29, 1.82) is 0 Å². The molecule has 3 rings (SSSR count). The van der Waals surface area contributed by atoms with E-state index in [9.17, 15) is 4.79 Å². The van der Waals surface area contributed by atoms with Gasteiger partial charge in [-0.05, 0) is 43.2 Å². The van der Waals surface area contributed by atoms with Gasteiger partial charge >= 0.3 is 6.03 Å². The molecular weight excluding hydrogens is 308 g/mol. The second-order valence-electron chi connectivity index (χ2n) is 6.01. The van der Waals surface area contributed by atoms with Crippen LogP contribution in [0.15, 0.2) is 29.8 Å². The Labute approximate surface area is 141 Å². The Balaban J connectivity index is 1.75. The molecule has 1 saturated heterocycles. The second kappa shape index (κ2) is 7.17. The monoisotopic (exact) mass is 332 g/mol. The van der Waals surface area contributed by atoms with Gasteiger partial charge in [-0.25, -0.2) is 4.79 Å². The maximum absolute atomic E-state index is 12.9. The summed E-state index contributed by atoms with van der Waals surface area (Å²) in [6.45, 7) is 2.92. The number of thiophene rings is 1. The Morgan fingerprint density at radius 3 is 3.00 bits per heavy atom. The number of piperidine rings is 1. The topological polar surface area (TPSA) is 50.2 Å². The normalized spacial score (nSPS) is 19.6. The lowest BCUT2D eigenvalue weighted by Gasteiger charge is -2.36. The fraction of sp³-hybridized carbons (Fsp3) is 0.529. The SMILES string of the molecule is CC[C@H](NC(=O)N1CCCC[C@H]1c1ccnn1C)c1cccs1. The molecule has 23 heavy (non-hydrogen) atoms. The summed E-state index contributed by atoms with van der Waals surface area (Å²) in [5.41, 5.74) is 1.11. The summed E-state index contributed by atoms with van der Waals surface area (Å²) in [7, 11) is 1.94. The first-order valence-corrected chi connectivity index (χ1v) is 9.17. The number of carbonyl (C=O) groups excluding carboxylic acids is 1. The summed E-state index contributed by atoms with van der Waals surface area (Å²) >= 11 is 1.70. The molecule has 2 aromatic heterocycles. The molecule has 0 spiro atoms. The highest BCUT2D eigenvalue weighted by Crippen LogP contribution is 2.31. The maximum Gasteiger partial charge on any atom is 0.318 e. The molecule has 2 amide bonds. The summed E-state index contributed by atoms with van der Waals surface area (Å²) in [4.78, 5) is 16.1. The molecule has 0 bridgehead atoms. The maximum atomic E-state index is 12.9. The zero-order chi connectivity index (χ0) is 16.2. The van der Waals surface area contributed by atoms with Gasteiger partial charge in [0.1, 0.15) is 0 Å². The van der Waals surface area contributed by atoms with E-state index in [1.165, 1.54) is 4.88 Å². The van der Waals surface area contributed by atoms with Gasteiger partial charge in [-0.15, -0.1) is 11.3 Å². The molecule has 1 aliphatic rings. The number of urea groups is 1. The van der Waals surface area contributed by atoms with Crippen molar-refractivity contribution < 1.29 is 4.79 Å². The molecule has 0 saturated carbocycles. The predicted octanol–water partition coefficient (Wildman–Crippen LogP) is 3.87. The van der Waals surface area contributed by atoms with E-state index in [-0.39, 0.29) is 18.1 Å². The van der Waals surface area contributed by atoms with Gasteiger partial charge in [-0.2, -0.15) is 5.10 Å². The fourth-order valence-electron chi connectivity index (χ4n) is 3.29. The Morgan fingerprint density at radius 1 is 1.48 bits per heavy atom. The van der Waals surface area contributed by atoms with Gasteiger partial charge < -0.3 is 10.2 Å². The smallest absolute Gasteiger partial charge is 0.318 e. The van der Waals surface area contributed by atoms with E-state index in [4.69, 9.17) is 0 Å². The average Bonchev–Trinajstić information content (AvgIpc) is 3.24. The van der Waals surface area contributed by atoms with E-state index in [0.717, 1.165) is 37.9 Å². The van der Waals surface area contributed by atoms with Gasteiger partial charge in [-0.1, -0.05) is 13.0 Å². The number of amides is 2. The van der Waals surface area contributed by atoms with Crippen LogP contribution in [0.1, 0.15) is 55.3 Å². The molecule has 6 heteroatoms. The summed E-state index contributed by atoms with van der Waals surface area (Å²) in [5, 5.41) is 9.54. The Morgan fingerprint density at radius 2 is 2.35 bits per heavy atom. The third-order valence-corrected chi connectivity index (χ3v) is 5.54. The van der Waals surface area contributed by atoms with Crippen molar-refractivity contribution in [3.63, 3.8) is 0 Å². The first-order valence-electron chi connectivity index (χ1n) is 8.29. The van der Waals surface area contributed by atoms with Gasteiger partial charge in [-0.3, -0.25) is 4.68 Å². The molecule has 1 aliphatic heterocycles. The highest BCUT2D eigenvalue weighted by Gasteiger charge is 2.30. The number of rotatable bonds is 4. The predicted molar refractivity (Wildman–Crippen MR) is 92.4 cm³/mol. The summed E-state index contributed by atoms with van der Waals surface area (Å²) in [6.07, 6.45) is 5.93. The van der Waals surface area contributed by atoms with E-state index < -0.39 is 0 Å². The number of nitrogens with one attached hydrogen (secondary N) is 1. The quantitative estimate of drug-likeness (QED) is 0.924. The van der Waals surface area contributed by atoms with Crippen molar-refractivity contribution in [3.05, 3.63) is 40.3 Å². The van der Waals surface area contributed by atoms with Crippen LogP contribution < -0.4 is 5.32 Å². The Kier molecular flexibility index (Phi) is 5.00. The van der Waals surface area contributed by atoms with Gasteiger partial charge in [0.2, 0.25) is 0 Å². The zero-order valence-electron chi connectivity index (χ0n) is 13.7. The van der Waals surface area contributed by atoms with Crippen LogP contribution in [-0.2, 0) is 7.05 Å². The van der Waals surface area contributed by atoms with Crippen LogP contribution in [0.25, 0.3) is 0 Å². The van der Waals surface area contributed by atoms with Crippen molar-refractivity contribution in [1.82, 2.24) is 20.0 Å². The third kappa shape index (κ3) is 3.42. The number of hydrogen-bond donors (Lipinski definition) is 1. The van der Waals surface area contributed by atoms with Crippen molar-refractivity contribution >= 4 is 17.4 Å². The summed E-state index contributed by atoms with van der Waals surface area (Å²) < 4.78 is 1.88. The Bertz CT molecular complexity index is 637. The molecule has 3 heterocycles. The molecule has 1 N–H and O–H groups in total. The van der Waals surface area contributed by atoms with E-state index in [2.05, 4.69) is 28.8 Å². The van der Waals surface area contributed by atoms with Gasteiger partial charge in [0.25, 0.3) is 0 Å². The number of aryl methyl sites for hydroxylation is 1. The van der Waals surface area contributed by atoms with Crippen LogP contribution in [0.5, 0.6) is 0 Å². The van der Waals surface area contributed by atoms with E-state index in [1.54, 1.807) is 17.5 Å². The minimum atomic E-state index is 0.0381. The highest BCUT2D eigenvalue weighted by atomic mass is 32.1. The molecule has 0 aliphatic carbocycles. The van der Waals surface area contributed by atoms with Gasteiger partial charge in [0.05, 0.1) is 17.8 Å². The molecular formula is C17H24N4OS. The lowest BCUT2D eigenvalue weighted by Crippen LogP contribution is -2.46. The van der Waals surface area contributed by atoms with Crippen molar-refractivity contribution in [2.45, 2.75) is 44.7 Å². The van der Waals surface area contributed by atoms with Crippen molar-refractivity contribution in [3.8, 4) is 0 Å². The molecule has 5 nitrogen and oxygen atoms in total. The first kappa shape index (κ1) is 16.1.